The fourth-order valence-corrected chi connectivity index (χ4v) is 5.56. The molecule has 0 aliphatic rings. The van der Waals surface area contributed by atoms with Crippen molar-refractivity contribution >= 4 is 17.4 Å². The molecule has 1 aromatic heterocycles. The summed E-state index contributed by atoms with van der Waals surface area (Å²) in [5.41, 5.74) is 0. The molecule has 8 heteroatoms. The number of nitrogens with zero attached hydrogens (tertiary/aromatic N) is 1. The predicted molar refractivity (Wildman–Crippen MR) is 71.7 cm³/mol. The summed E-state index contributed by atoms with van der Waals surface area (Å²) in [5, 5.41) is -0.137. The highest BCUT2D eigenvalue weighted by atomic mass is 32.2. The summed E-state index contributed by atoms with van der Waals surface area (Å²) in [6.45, 7) is 4.80. The first-order valence-electron chi connectivity index (χ1n) is 5.92. The maximum Gasteiger partial charge on any atom is 0.348 e. The Morgan fingerprint density at radius 3 is 2.26 bits per heavy atom. The molecule has 0 saturated heterocycles. The van der Waals surface area contributed by atoms with Gasteiger partial charge in [-0.1, -0.05) is 6.07 Å². The van der Waals surface area contributed by atoms with Crippen LogP contribution in [-0.2, 0) is 23.4 Å². The van der Waals surface area contributed by atoms with Gasteiger partial charge in [0, 0.05) is 6.20 Å². The van der Waals surface area contributed by atoms with E-state index >= 15 is 0 Å². The molecule has 0 saturated carbocycles. The zero-order valence-corrected chi connectivity index (χ0v) is 12.9. The minimum absolute atomic E-state index is 0.110. The summed E-state index contributed by atoms with van der Waals surface area (Å²) in [5.74, 6) is 0. The van der Waals surface area contributed by atoms with Crippen molar-refractivity contribution in [2.24, 2.45) is 0 Å². The van der Waals surface area contributed by atoms with E-state index in [1.807, 2.05) is 0 Å². The van der Waals surface area contributed by atoms with Gasteiger partial charge >= 0.3 is 7.60 Å². The number of hydrogen-bond donors (Lipinski definition) is 0. The van der Waals surface area contributed by atoms with E-state index in [1.165, 1.54) is 19.2 Å². The molecule has 1 heterocycles. The van der Waals surface area contributed by atoms with Gasteiger partial charge in [-0.3, -0.25) is 4.57 Å². The molecule has 6 nitrogen and oxygen atoms in total. The Balaban J connectivity index is 3.16. The van der Waals surface area contributed by atoms with E-state index in [2.05, 4.69) is 4.98 Å². The smallest absolute Gasteiger partial charge is 0.308 e. The highest BCUT2D eigenvalue weighted by molar-refractivity contribution is 7.98. The fraction of sp³-hybridized carbons (Fsp3) is 0.545. The highest BCUT2D eigenvalue weighted by Crippen LogP contribution is 2.55. The number of hydrogen-bond acceptors (Lipinski definition) is 6. The van der Waals surface area contributed by atoms with Crippen molar-refractivity contribution in [1.29, 1.82) is 0 Å². The molecule has 0 bridgehead atoms. The summed E-state index contributed by atoms with van der Waals surface area (Å²) in [7, 11) is -7.59. The van der Waals surface area contributed by atoms with Gasteiger partial charge in [0.05, 0.1) is 13.2 Å². The normalized spacial score (nSPS) is 14.3. The number of sulfone groups is 1. The Kier molecular flexibility index (Phi) is 5.67. The summed E-state index contributed by atoms with van der Waals surface area (Å²) in [6.07, 6.45) is 1.37. The molecule has 0 aliphatic carbocycles. The third kappa shape index (κ3) is 3.63. The standard InChI is InChI=1S/C11H18NO5PS/c1-4-16-18(13,17-5-2)10(3)19(14,15)11-8-6-7-9-12-11/h6-10H,4-5H2,1-3H3. The van der Waals surface area contributed by atoms with E-state index in [-0.39, 0.29) is 18.2 Å². The lowest BCUT2D eigenvalue weighted by atomic mass is 10.5. The van der Waals surface area contributed by atoms with Crippen LogP contribution in [0.3, 0.4) is 0 Å². The van der Waals surface area contributed by atoms with Crippen molar-refractivity contribution in [3.05, 3.63) is 24.4 Å². The largest absolute Gasteiger partial charge is 0.348 e. The lowest BCUT2D eigenvalue weighted by Gasteiger charge is -2.22. The van der Waals surface area contributed by atoms with Crippen molar-refractivity contribution in [1.82, 2.24) is 4.98 Å². The van der Waals surface area contributed by atoms with E-state index in [4.69, 9.17) is 9.05 Å². The van der Waals surface area contributed by atoms with E-state index in [9.17, 15) is 13.0 Å². The van der Waals surface area contributed by atoms with Crippen LogP contribution in [-0.4, -0.2) is 31.6 Å². The summed E-state index contributed by atoms with van der Waals surface area (Å²) in [4.78, 5) is 2.49. The van der Waals surface area contributed by atoms with Crippen molar-refractivity contribution in [2.75, 3.05) is 13.2 Å². The van der Waals surface area contributed by atoms with Crippen LogP contribution in [0.25, 0.3) is 0 Å². The van der Waals surface area contributed by atoms with Gasteiger partial charge in [-0.25, -0.2) is 13.4 Å². The summed E-state index contributed by atoms with van der Waals surface area (Å²) in [6, 6.07) is 4.52. The monoisotopic (exact) mass is 307 g/mol. The molecule has 0 fully saturated rings. The molecule has 0 aromatic carbocycles. The minimum atomic E-state index is -3.87. The van der Waals surface area contributed by atoms with Crippen molar-refractivity contribution < 1.29 is 22.0 Å². The Labute approximate surface area is 113 Å². The van der Waals surface area contributed by atoms with Crippen LogP contribution in [0.2, 0.25) is 0 Å². The molecule has 108 valence electrons. The molecular formula is C11H18NO5PS. The van der Waals surface area contributed by atoms with Crippen molar-refractivity contribution in [3.63, 3.8) is 0 Å². The van der Waals surface area contributed by atoms with Crippen LogP contribution in [0.5, 0.6) is 0 Å². The Morgan fingerprint density at radius 2 is 1.84 bits per heavy atom. The molecule has 1 atom stereocenters. The van der Waals surface area contributed by atoms with Gasteiger partial charge in [-0.2, -0.15) is 0 Å². The Hall–Kier alpha value is -0.750. The van der Waals surface area contributed by atoms with Gasteiger partial charge < -0.3 is 9.05 Å². The van der Waals surface area contributed by atoms with Crippen LogP contribution in [0, 0.1) is 0 Å². The highest BCUT2D eigenvalue weighted by Gasteiger charge is 2.42. The maximum atomic E-state index is 12.5. The van der Waals surface area contributed by atoms with Gasteiger partial charge in [0.1, 0.15) is 0 Å². The molecule has 0 amide bonds. The molecule has 0 aliphatic heterocycles. The van der Waals surface area contributed by atoms with Crippen LogP contribution in [0.4, 0.5) is 0 Å². The third-order valence-corrected chi connectivity index (χ3v) is 7.90. The van der Waals surface area contributed by atoms with Crippen LogP contribution in [0.15, 0.2) is 29.4 Å². The van der Waals surface area contributed by atoms with Gasteiger partial charge in [-0.15, -0.1) is 0 Å². The third-order valence-electron chi connectivity index (χ3n) is 2.44. The predicted octanol–water partition coefficient (Wildman–Crippen LogP) is 2.47. The van der Waals surface area contributed by atoms with Crippen molar-refractivity contribution in [3.8, 4) is 0 Å². The molecular weight excluding hydrogens is 289 g/mol. The molecule has 1 unspecified atom stereocenters. The zero-order valence-electron chi connectivity index (χ0n) is 11.1. The topological polar surface area (TPSA) is 82.6 Å². The molecule has 0 N–H and O–H groups in total. The Bertz CT molecular complexity index is 535. The second-order valence-electron chi connectivity index (χ2n) is 3.69. The molecule has 1 rings (SSSR count). The summed E-state index contributed by atoms with van der Waals surface area (Å²) < 4.78 is 47.3. The SMILES string of the molecule is CCOP(=O)(OCC)C(C)S(=O)(=O)c1ccccn1. The van der Waals surface area contributed by atoms with E-state index < -0.39 is 22.4 Å². The molecule has 19 heavy (non-hydrogen) atoms. The van der Waals surface area contributed by atoms with Crippen LogP contribution in [0.1, 0.15) is 20.8 Å². The second kappa shape index (κ2) is 6.61. The van der Waals surface area contributed by atoms with Crippen LogP contribution < -0.4 is 0 Å². The first kappa shape index (κ1) is 16.3. The maximum absolute atomic E-state index is 12.5. The van der Waals surface area contributed by atoms with Crippen LogP contribution >= 0.6 is 7.60 Å². The first-order valence-corrected chi connectivity index (χ1v) is 9.08. The second-order valence-corrected chi connectivity index (χ2v) is 8.62. The Morgan fingerprint density at radius 1 is 1.26 bits per heavy atom. The lowest BCUT2D eigenvalue weighted by Crippen LogP contribution is -2.22. The fourth-order valence-electron chi connectivity index (χ4n) is 1.47. The van der Waals surface area contributed by atoms with Gasteiger partial charge in [0.25, 0.3) is 0 Å². The zero-order chi connectivity index (χ0) is 14.5. The molecule has 0 spiro atoms. The van der Waals surface area contributed by atoms with E-state index in [0.717, 1.165) is 0 Å². The molecule has 1 aromatic rings. The average molecular weight is 307 g/mol. The summed E-state index contributed by atoms with van der Waals surface area (Å²) >= 11 is 0. The van der Waals surface area contributed by atoms with Gasteiger partial charge in [-0.05, 0) is 32.9 Å². The van der Waals surface area contributed by atoms with Crippen molar-refractivity contribution in [2.45, 2.75) is 30.8 Å². The number of rotatable bonds is 7. The number of aromatic nitrogens is 1. The number of pyridine rings is 1. The minimum Gasteiger partial charge on any atom is -0.308 e. The van der Waals surface area contributed by atoms with E-state index in [1.54, 1.807) is 26.0 Å². The first-order chi connectivity index (χ1) is 8.88. The van der Waals surface area contributed by atoms with Gasteiger partial charge in [0.2, 0.25) is 9.84 Å². The average Bonchev–Trinajstić information content (AvgIpc) is 2.39. The molecule has 0 radical (unpaired) electrons. The van der Waals surface area contributed by atoms with Gasteiger partial charge in [0.15, 0.2) is 10.0 Å². The van der Waals surface area contributed by atoms with E-state index in [0.29, 0.717) is 0 Å². The quantitative estimate of drug-likeness (QED) is 0.720. The lowest BCUT2D eigenvalue weighted by molar-refractivity contribution is 0.218.